The van der Waals surface area contributed by atoms with Crippen LogP contribution < -0.4 is 5.73 Å². The summed E-state index contributed by atoms with van der Waals surface area (Å²) >= 11 is 1.69. The summed E-state index contributed by atoms with van der Waals surface area (Å²) in [7, 11) is 0. The minimum Gasteiger partial charge on any atom is -0.342 e. The van der Waals surface area contributed by atoms with Crippen LogP contribution >= 0.6 is 11.3 Å². The number of aromatic nitrogens is 2. The van der Waals surface area contributed by atoms with E-state index in [0.717, 1.165) is 13.0 Å². The molecule has 0 aliphatic carbocycles. The summed E-state index contributed by atoms with van der Waals surface area (Å²) in [6, 6.07) is 8.79. The van der Waals surface area contributed by atoms with Gasteiger partial charge in [0.2, 0.25) is 0 Å². The number of rotatable bonds is 4. The van der Waals surface area contributed by atoms with Crippen LogP contribution in [0.1, 0.15) is 17.4 Å². The molecule has 19 heavy (non-hydrogen) atoms. The van der Waals surface area contributed by atoms with E-state index < -0.39 is 0 Å². The van der Waals surface area contributed by atoms with Crippen LogP contribution in [0, 0.1) is 0 Å². The molecule has 0 saturated carbocycles. The Hall–Kier alpha value is -1.65. The number of hydrogen-bond acceptors (Lipinski definition) is 3. The zero-order chi connectivity index (χ0) is 13.2. The van der Waals surface area contributed by atoms with E-state index >= 15 is 0 Å². The van der Waals surface area contributed by atoms with Crippen LogP contribution in [-0.4, -0.2) is 15.6 Å². The molecule has 1 aromatic carbocycles. The minimum absolute atomic E-state index is 0.178. The van der Waals surface area contributed by atoms with Crippen LogP contribution in [0.3, 0.4) is 0 Å². The molecule has 0 aliphatic rings. The highest BCUT2D eigenvalue weighted by Crippen LogP contribution is 2.23. The molecule has 0 radical (unpaired) electrons. The van der Waals surface area contributed by atoms with Gasteiger partial charge >= 0.3 is 0 Å². The van der Waals surface area contributed by atoms with Crippen molar-refractivity contribution in [3.63, 3.8) is 0 Å². The van der Waals surface area contributed by atoms with Crippen molar-refractivity contribution in [2.75, 3.05) is 0 Å². The molecular formula is C15H17N3S. The second kappa shape index (κ2) is 5.15. The maximum absolute atomic E-state index is 5.95. The summed E-state index contributed by atoms with van der Waals surface area (Å²) in [5.41, 5.74) is 10.5. The van der Waals surface area contributed by atoms with Crippen LogP contribution in [-0.2, 0) is 13.0 Å². The van der Waals surface area contributed by atoms with Crippen LogP contribution in [0.5, 0.6) is 0 Å². The van der Waals surface area contributed by atoms with Crippen molar-refractivity contribution in [2.45, 2.75) is 25.9 Å². The van der Waals surface area contributed by atoms with Gasteiger partial charge in [-0.3, -0.25) is 4.98 Å². The highest BCUT2D eigenvalue weighted by Gasteiger charge is 2.09. The van der Waals surface area contributed by atoms with Gasteiger partial charge in [0.05, 0.1) is 17.6 Å². The Morgan fingerprint density at radius 2 is 2.26 bits per heavy atom. The molecule has 3 rings (SSSR count). The number of nitrogens with zero attached hydrogens (tertiary/aromatic N) is 2. The van der Waals surface area contributed by atoms with E-state index in [1.54, 1.807) is 11.3 Å². The van der Waals surface area contributed by atoms with Crippen molar-refractivity contribution in [1.29, 1.82) is 0 Å². The molecule has 2 heterocycles. The Kier molecular flexibility index (Phi) is 3.36. The van der Waals surface area contributed by atoms with Crippen molar-refractivity contribution in [3.8, 4) is 0 Å². The molecule has 0 fully saturated rings. The van der Waals surface area contributed by atoms with E-state index in [0.29, 0.717) is 0 Å². The lowest BCUT2D eigenvalue weighted by Gasteiger charge is -2.11. The van der Waals surface area contributed by atoms with Gasteiger partial charge < -0.3 is 10.3 Å². The second-order valence-electron chi connectivity index (χ2n) is 4.95. The molecule has 1 unspecified atom stereocenters. The maximum Gasteiger partial charge on any atom is 0.0794 e. The Balaban J connectivity index is 2.04. The molecule has 3 aromatic rings. The maximum atomic E-state index is 5.95. The first-order valence-electron chi connectivity index (χ1n) is 6.43. The van der Waals surface area contributed by atoms with E-state index in [9.17, 15) is 0 Å². The molecule has 0 aliphatic heterocycles. The molecular weight excluding hydrogens is 254 g/mol. The van der Waals surface area contributed by atoms with Crippen molar-refractivity contribution >= 4 is 22.2 Å². The molecule has 3 nitrogen and oxygen atoms in total. The smallest absolute Gasteiger partial charge is 0.0794 e. The van der Waals surface area contributed by atoms with Gasteiger partial charge in [-0.1, -0.05) is 18.2 Å². The van der Waals surface area contributed by atoms with Crippen molar-refractivity contribution in [2.24, 2.45) is 5.73 Å². The Bertz CT molecular complexity index is 668. The van der Waals surface area contributed by atoms with E-state index in [1.807, 2.05) is 11.7 Å². The zero-order valence-corrected chi connectivity index (χ0v) is 11.7. The van der Waals surface area contributed by atoms with Gasteiger partial charge in [0.15, 0.2) is 0 Å². The third kappa shape index (κ3) is 2.55. The van der Waals surface area contributed by atoms with Crippen LogP contribution in [0.2, 0.25) is 0 Å². The third-order valence-electron chi connectivity index (χ3n) is 3.22. The first-order chi connectivity index (χ1) is 9.24. The normalized spacial score (nSPS) is 12.9. The monoisotopic (exact) mass is 271 g/mol. The average molecular weight is 271 g/mol. The highest BCUT2D eigenvalue weighted by molar-refractivity contribution is 7.09. The molecule has 0 spiro atoms. The first kappa shape index (κ1) is 12.4. The fraction of sp³-hybridized carbons (Fsp3) is 0.267. The summed E-state index contributed by atoms with van der Waals surface area (Å²) in [6.45, 7) is 2.93. The molecule has 2 N–H and O–H groups in total. The van der Waals surface area contributed by atoms with Crippen LogP contribution in [0.25, 0.3) is 10.9 Å². The number of benzene rings is 1. The van der Waals surface area contributed by atoms with E-state index in [1.165, 1.54) is 21.3 Å². The van der Waals surface area contributed by atoms with Crippen LogP contribution in [0.15, 0.2) is 42.2 Å². The number of thiazole rings is 1. The Labute approximate surface area is 116 Å². The average Bonchev–Trinajstić information content (AvgIpc) is 3.00. The quantitative estimate of drug-likeness (QED) is 0.792. The molecule has 0 bridgehead atoms. The number of nitrogens with two attached hydrogens (primary N) is 1. The van der Waals surface area contributed by atoms with Crippen LogP contribution in [0.4, 0.5) is 0 Å². The summed E-state index contributed by atoms with van der Waals surface area (Å²) in [4.78, 5) is 5.41. The Morgan fingerprint density at radius 1 is 1.37 bits per heavy atom. The lowest BCUT2D eigenvalue weighted by Crippen LogP contribution is -2.18. The molecule has 98 valence electrons. The van der Waals surface area contributed by atoms with Gasteiger partial charge in [-0.2, -0.15) is 0 Å². The molecule has 1 atom stereocenters. The topological polar surface area (TPSA) is 43.8 Å². The SMILES string of the molecule is CC(N)Cc1cccc2ccn(Cc3cncs3)c12. The summed E-state index contributed by atoms with van der Waals surface area (Å²) in [5.74, 6) is 0. The van der Waals surface area contributed by atoms with Crippen molar-refractivity contribution in [3.05, 3.63) is 52.6 Å². The van der Waals surface area contributed by atoms with E-state index in [2.05, 4.69) is 46.9 Å². The van der Waals surface area contributed by atoms with Gasteiger partial charge in [0.1, 0.15) is 0 Å². The fourth-order valence-corrected chi connectivity index (χ4v) is 3.06. The largest absolute Gasteiger partial charge is 0.342 e. The molecule has 0 saturated heterocycles. The highest BCUT2D eigenvalue weighted by atomic mass is 32.1. The van der Waals surface area contributed by atoms with Gasteiger partial charge in [0, 0.05) is 23.3 Å². The van der Waals surface area contributed by atoms with Gasteiger partial charge in [0.25, 0.3) is 0 Å². The van der Waals surface area contributed by atoms with Crippen molar-refractivity contribution in [1.82, 2.24) is 9.55 Å². The van der Waals surface area contributed by atoms with E-state index in [4.69, 9.17) is 5.73 Å². The Morgan fingerprint density at radius 3 is 3.00 bits per heavy atom. The predicted molar refractivity (Wildman–Crippen MR) is 80.5 cm³/mol. The fourth-order valence-electron chi connectivity index (χ4n) is 2.47. The lowest BCUT2D eigenvalue weighted by molar-refractivity contribution is 0.735. The van der Waals surface area contributed by atoms with Gasteiger partial charge in [-0.05, 0) is 30.4 Å². The lowest BCUT2D eigenvalue weighted by atomic mass is 10.0. The first-order valence-corrected chi connectivity index (χ1v) is 7.31. The van der Waals surface area contributed by atoms with E-state index in [-0.39, 0.29) is 6.04 Å². The minimum atomic E-state index is 0.178. The summed E-state index contributed by atoms with van der Waals surface area (Å²) in [5, 5.41) is 1.28. The van der Waals surface area contributed by atoms with Crippen molar-refractivity contribution < 1.29 is 0 Å². The summed E-state index contributed by atoms with van der Waals surface area (Å²) in [6.07, 6.45) is 4.99. The zero-order valence-electron chi connectivity index (χ0n) is 10.9. The number of hydrogen-bond donors (Lipinski definition) is 1. The molecule has 0 amide bonds. The summed E-state index contributed by atoms with van der Waals surface area (Å²) < 4.78 is 2.29. The van der Waals surface area contributed by atoms with Gasteiger partial charge in [-0.15, -0.1) is 11.3 Å². The third-order valence-corrected chi connectivity index (χ3v) is 3.99. The number of fused-ring (bicyclic) bond motifs is 1. The standard InChI is InChI=1S/C15H17N3S/c1-11(16)7-13-4-2-3-12-5-6-18(15(12)13)9-14-8-17-10-19-14/h2-6,8,10-11H,7,9,16H2,1H3. The predicted octanol–water partition coefficient (Wildman–Crippen LogP) is 3.04. The molecule has 2 aromatic heterocycles. The number of para-hydroxylation sites is 1. The molecule has 4 heteroatoms. The second-order valence-corrected chi connectivity index (χ2v) is 5.92. The van der Waals surface area contributed by atoms with Gasteiger partial charge in [-0.25, -0.2) is 0 Å².